The Kier molecular flexibility index (Phi) is 5.78. The third-order valence-electron chi connectivity index (χ3n) is 4.61. The number of nitrogens with zero attached hydrogens (tertiary/aromatic N) is 3. The van der Waals surface area contributed by atoms with Crippen molar-refractivity contribution in [3.8, 4) is 0 Å². The normalized spacial score (nSPS) is 20.5. The number of fused-ring (bicyclic) bond motifs is 1. The monoisotopic (exact) mass is 469 g/mol. The predicted molar refractivity (Wildman–Crippen MR) is 117 cm³/mol. The quantitative estimate of drug-likeness (QED) is 0.501. The topological polar surface area (TPSA) is 47.2 Å². The number of hydrogen-bond donors (Lipinski definition) is 0. The molecule has 0 saturated heterocycles. The summed E-state index contributed by atoms with van der Waals surface area (Å²) in [6.07, 6.45) is 2.37. The van der Waals surface area contributed by atoms with E-state index in [1.54, 1.807) is 24.6 Å². The molecular weight excluding hydrogens is 455 g/mol. The van der Waals surface area contributed by atoms with E-state index in [-0.39, 0.29) is 21.8 Å². The maximum Gasteiger partial charge on any atom is 0.416 e. The van der Waals surface area contributed by atoms with Gasteiger partial charge in [-0.25, -0.2) is 0 Å². The van der Waals surface area contributed by atoms with Gasteiger partial charge in [-0.15, -0.1) is 11.8 Å². The second-order valence-corrected chi connectivity index (χ2v) is 9.75. The lowest BCUT2D eigenvalue weighted by Gasteiger charge is -2.14. The molecule has 0 aliphatic carbocycles. The molecule has 0 amide bonds. The molecule has 0 spiro atoms. The summed E-state index contributed by atoms with van der Waals surface area (Å²) in [7, 11) is -1.20. The Morgan fingerprint density at radius 3 is 2.77 bits per heavy atom. The van der Waals surface area contributed by atoms with Crippen molar-refractivity contribution in [3.05, 3.63) is 69.2 Å². The molecule has 0 radical (unpaired) electrons. The Balaban J connectivity index is 1.65. The molecule has 30 heavy (non-hydrogen) atoms. The summed E-state index contributed by atoms with van der Waals surface area (Å²) in [6.45, 7) is -0.0397. The minimum Gasteiger partial charge on any atom is -0.264 e. The van der Waals surface area contributed by atoms with Gasteiger partial charge in [0, 0.05) is 16.6 Å². The second-order valence-electron chi connectivity index (χ2n) is 6.58. The Morgan fingerprint density at radius 2 is 2.07 bits per heavy atom. The van der Waals surface area contributed by atoms with Gasteiger partial charge in [-0.1, -0.05) is 23.7 Å². The van der Waals surface area contributed by atoms with E-state index >= 15 is 0 Å². The summed E-state index contributed by atoms with van der Waals surface area (Å²) in [5.41, 5.74) is 0.833. The summed E-state index contributed by atoms with van der Waals surface area (Å²) in [5, 5.41) is 5.06. The first-order valence-electron chi connectivity index (χ1n) is 8.76. The van der Waals surface area contributed by atoms with Crippen LogP contribution in [0.1, 0.15) is 16.7 Å². The van der Waals surface area contributed by atoms with Gasteiger partial charge in [0.15, 0.2) is 4.71 Å². The van der Waals surface area contributed by atoms with Gasteiger partial charge < -0.3 is 0 Å². The van der Waals surface area contributed by atoms with Crippen molar-refractivity contribution in [1.82, 2.24) is 9.78 Å². The van der Waals surface area contributed by atoms with Gasteiger partial charge in [0.25, 0.3) is 0 Å². The van der Waals surface area contributed by atoms with Gasteiger partial charge in [0.2, 0.25) is 0 Å². The smallest absolute Gasteiger partial charge is 0.264 e. The highest BCUT2D eigenvalue weighted by Gasteiger charge is 2.33. The number of thioether (sulfide) groups is 1. The Bertz CT molecular complexity index is 1200. The van der Waals surface area contributed by atoms with E-state index < -0.39 is 22.5 Å². The van der Waals surface area contributed by atoms with E-state index in [4.69, 9.17) is 11.6 Å². The van der Waals surface area contributed by atoms with Crippen LogP contribution in [0, 0.1) is 0 Å². The highest BCUT2D eigenvalue weighted by molar-refractivity contribution is 8.12. The molecule has 156 valence electrons. The van der Waals surface area contributed by atoms with Gasteiger partial charge in [-0.05, 0) is 47.7 Å². The summed E-state index contributed by atoms with van der Waals surface area (Å²) in [6, 6.07) is 9.20. The fourth-order valence-corrected chi connectivity index (χ4v) is 5.41. The maximum atomic E-state index is 13.4. The zero-order valence-electron chi connectivity index (χ0n) is 15.6. The largest absolute Gasteiger partial charge is 0.416 e. The summed E-state index contributed by atoms with van der Waals surface area (Å²) in [4.78, 5) is 4.85. The van der Waals surface area contributed by atoms with Crippen molar-refractivity contribution in [3.63, 3.8) is 0 Å². The van der Waals surface area contributed by atoms with Crippen molar-refractivity contribution in [1.29, 1.82) is 0 Å². The van der Waals surface area contributed by atoms with E-state index in [9.17, 15) is 17.4 Å². The molecule has 1 aliphatic heterocycles. The molecule has 0 N–H and O–H groups in total. The standard InChI is InChI=1S/C20H15ClF3N3OS2/c1-29-19-25-10-16(30(19)28)7-12-2-5-18-14(6-12)9-26-27(18)11-13-3-4-15(21)8-17(13)20(22,23)24/h2-10,19H,11H2,1H3. The first kappa shape index (κ1) is 21.1. The zero-order chi connectivity index (χ0) is 21.5. The molecule has 2 atom stereocenters. The fraction of sp³-hybridized carbons (Fsp3) is 0.200. The fourth-order valence-electron chi connectivity index (χ4n) is 3.20. The third-order valence-corrected chi connectivity index (χ3v) is 7.65. The highest BCUT2D eigenvalue weighted by atomic mass is 35.5. The lowest BCUT2D eigenvalue weighted by molar-refractivity contribution is -0.138. The third kappa shape index (κ3) is 4.19. The SMILES string of the molecule is CSC1N=CC(=Cc2ccc3c(cnn3Cc3ccc(Cl)cc3C(F)(F)F)c2)S1=O. The van der Waals surface area contributed by atoms with Crippen molar-refractivity contribution < 1.29 is 17.4 Å². The zero-order valence-corrected chi connectivity index (χ0v) is 17.9. The van der Waals surface area contributed by atoms with Crippen LogP contribution in [0.5, 0.6) is 0 Å². The number of rotatable bonds is 4. The molecule has 2 heterocycles. The van der Waals surface area contributed by atoms with E-state index in [0.29, 0.717) is 10.4 Å². The average molecular weight is 470 g/mol. The number of aliphatic imine (C=N–C) groups is 1. The van der Waals surface area contributed by atoms with Crippen LogP contribution in [0.15, 0.2) is 52.5 Å². The van der Waals surface area contributed by atoms with Crippen LogP contribution in [-0.4, -0.2) is 31.2 Å². The maximum absolute atomic E-state index is 13.4. The van der Waals surface area contributed by atoms with E-state index in [2.05, 4.69) is 10.1 Å². The Labute approximate surface area is 182 Å². The minimum atomic E-state index is -4.50. The first-order valence-corrected chi connectivity index (χ1v) is 11.6. The summed E-state index contributed by atoms with van der Waals surface area (Å²) in [5.74, 6) is 0. The summed E-state index contributed by atoms with van der Waals surface area (Å²) < 4.78 is 53.7. The van der Waals surface area contributed by atoms with Gasteiger partial charge in [0.1, 0.15) is 0 Å². The van der Waals surface area contributed by atoms with Crippen molar-refractivity contribution >= 4 is 57.4 Å². The molecule has 0 fully saturated rings. The Morgan fingerprint density at radius 1 is 1.27 bits per heavy atom. The molecule has 1 aromatic heterocycles. The van der Waals surface area contributed by atoms with Gasteiger partial charge >= 0.3 is 6.18 Å². The van der Waals surface area contributed by atoms with E-state index in [0.717, 1.165) is 17.0 Å². The van der Waals surface area contributed by atoms with Crippen molar-refractivity contribution in [2.75, 3.05) is 6.26 Å². The van der Waals surface area contributed by atoms with Crippen LogP contribution in [0.2, 0.25) is 5.02 Å². The molecule has 1 aliphatic rings. The average Bonchev–Trinajstić information content (AvgIpc) is 3.25. The molecule has 4 rings (SSSR count). The Hall–Kier alpha value is -2.10. The number of aromatic nitrogens is 2. The van der Waals surface area contributed by atoms with Crippen LogP contribution < -0.4 is 0 Å². The number of alkyl halides is 3. The molecule has 3 aromatic rings. The number of allylic oxidation sites excluding steroid dienone is 1. The van der Waals surface area contributed by atoms with Crippen molar-refractivity contribution in [2.45, 2.75) is 17.4 Å². The predicted octanol–water partition coefficient (Wildman–Crippen LogP) is 5.58. The molecular formula is C20H15ClF3N3OS2. The number of hydrogen-bond acceptors (Lipinski definition) is 4. The lowest BCUT2D eigenvalue weighted by atomic mass is 10.1. The molecule has 0 bridgehead atoms. The van der Waals surface area contributed by atoms with E-state index in [1.165, 1.54) is 28.6 Å². The van der Waals surface area contributed by atoms with Crippen molar-refractivity contribution in [2.24, 2.45) is 4.99 Å². The summed E-state index contributed by atoms with van der Waals surface area (Å²) >= 11 is 7.18. The van der Waals surface area contributed by atoms with Crippen LogP contribution in [0.4, 0.5) is 13.2 Å². The number of halogens is 4. The molecule has 2 unspecified atom stereocenters. The molecule has 2 aromatic carbocycles. The minimum absolute atomic E-state index is 0.0330. The molecule has 10 heteroatoms. The van der Waals surface area contributed by atoms with Crippen LogP contribution in [0.25, 0.3) is 17.0 Å². The van der Waals surface area contributed by atoms with Gasteiger partial charge in [0.05, 0.1) is 39.5 Å². The van der Waals surface area contributed by atoms with Gasteiger partial charge in [-0.2, -0.15) is 18.3 Å². The first-order chi connectivity index (χ1) is 14.3. The molecule has 4 nitrogen and oxygen atoms in total. The second kappa shape index (κ2) is 8.20. The molecule has 0 saturated carbocycles. The highest BCUT2D eigenvalue weighted by Crippen LogP contribution is 2.34. The van der Waals surface area contributed by atoms with Crippen LogP contribution in [0.3, 0.4) is 0 Å². The van der Waals surface area contributed by atoms with Crippen LogP contribution >= 0.6 is 23.4 Å². The number of benzene rings is 2. The van der Waals surface area contributed by atoms with Crippen LogP contribution in [-0.2, 0) is 23.5 Å². The van der Waals surface area contributed by atoms with E-state index in [1.807, 2.05) is 18.4 Å². The lowest BCUT2D eigenvalue weighted by Crippen LogP contribution is -2.12. The van der Waals surface area contributed by atoms with Gasteiger partial charge in [-0.3, -0.25) is 13.9 Å².